The van der Waals surface area contributed by atoms with Gasteiger partial charge in [0.1, 0.15) is 11.8 Å². The number of carboxylic acids is 1. The highest BCUT2D eigenvalue weighted by Crippen LogP contribution is 2.27. The van der Waals surface area contributed by atoms with E-state index >= 15 is 0 Å². The Bertz CT molecular complexity index is 753. The van der Waals surface area contributed by atoms with Gasteiger partial charge in [-0.05, 0) is 37.6 Å². The van der Waals surface area contributed by atoms with Crippen molar-refractivity contribution < 1.29 is 19.4 Å². The van der Waals surface area contributed by atoms with Crippen LogP contribution in [-0.4, -0.2) is 40.6 Å². The smallest absolute Gasteiger partial charge is 0.326 e. The van der Waals surface area contributed by atoms with Crippen LogP contribution in [-0.2, 0) is 9.59 Å². The van der Waals surface area contributed by atoms with Gasteiger partial charge in [-0.1, -0.05) is 36.4 Å². The van der Waals surface area contributed by atoms with E-state index in [-0.39, 0.29) is 5.91 Å². The normalized spacial score (nSPS) is 19.0. The quantitative estimate of drug-likeness (QED) is 0.937. The topological polar surface area (TPSA) is 66.8 Å². The molecule has 0 saturated carbocycles. The molecule has 1 amide bonds. The molecule has 2 aromatic carbocycles. The van der Waals surface area contributed by atoms with Gasteiger partial charge in [-0.25, -0.2) is 4.79 Å². The number of piperidine rings is 1. The highest BCUT2D eigenvalue weighted by Gasteiger charge is 2.34. The molecular formula is C19H21NO4. The number of rotatable bonds is 4. The molecule has 1 aliphatic rings. The summed E-state index contributed by atoms with van der Waals surface area (Å²) in [7, 11) is 0. The minimum atomic E-state index is -0.944. The van der Waals surface area contributed by atoms with E-state index in [2.05, 4.69) is 0 Å². The van der Waals surface area contributed by atoms with Crippen molar-refractivity contribution in [2.45, 2.75) is 38.3 Å². The molecule has 1 fully saturated rings. The second-order valence-corrected chi connectivity index (χ2v) is 6.12. The van der Waals surface area contributed by atoms with Crippen molar-refractivity contribution in [3.05, 3.63) is 42.5 Å². The van der Waals surface area contributed by atoms with Crippen LogP contribution < -0.4 is 4.74 Å². The zero-order valence-corrected chi connectivity index (χ0v) is 13.6. The first-order valence-corrected chi connectivity index (χ1v) is 8.25. The summed E-state index contributed by atoms with van der Waals surface area (Å²) in [5.41, 5.74) is 0. The molecule has 0 aromatic heterocycles. The minimum Gasteiger partial charge on any atom is -0.480 e. The van der Waals surface area contributed by atoms with Crippen molar-refractivity contribution >= 4 is 22.6 Å². The van der Waals surface area contributed by atoms with Crippen LogP contribution in [0.5, 0.6) is 5.75 Å². The number of hydrogen-bond acceptors (Lipinski definition) is 3. The number of benzene rings is 2. The lowest BCUT2D eigenvalue weighted by Crippen LogP contribution is -2.52. The van der Waals surface area contributed by atoms with Crippen molar-refractivity contribution in [2.75, 3.05) is 6.54 Å². The van der Waals surface area contributed by atoms with Crippen molar-refractivity contribution in [2.24, 2.45) is 0 Å². The van der Waals surface area contributed by atoms with Crippen LogP contribution in [0, 0.1) is 0 Å². The molecule has 1 heterocycles. The van der Waals surface area contributed by atoms with Gasteiger partial charge in [-0.3, -0.25) is 4.79 Å². The fraction of sp³-hybridized carbons (Fsp3) is 0.368. The Hall–Kier alpha value is -2.56. The second kappa shape index (κ2) is 6.91. The molecular weight excluding hydrogens is 306 g/mol. The Balaban J connectivity index is 1.79. The highest BCUT2D eigenvalue weighted by atomic mass is 16.5. The van der Waals surface area contributed by atoms with Gasteiger partial charge in [0, 0.05) is 11.9 Å². The zero-order valence-electron chi connectivity index (χ0n) is 13.6. The van der Waals surface area contributed by atoms with Crippen LogP contribution in [0.4, 0.5) is 0 Å². The largest absolute Gasteiger partial charge is 0.480 e. The molecule has 24 heavy (non-hydrogen) atoms. The third kappa shape index (κ3) is 3.20. The van der Waals surface area contributed by atoms with Crippen LogP contribution in [0.1, 0.15) is 26.2 Å². The molecule has 126 valence electrons. The van der Waals surface area contributed by atoms with Crippen LogP contribution in [0.25, 0.3) is 10.8 Å². The average Bonchev–Trinajstić information content (AvgIpc) is 2.61. The predicted molar refractivity (Wildman–Crippen MR) is 91.0 cm³/mol. The van der Waals surface area contributed by atoms with Gasteiger partial charge in [-0.15, -0.1) is 0 Å². The van der Waals surface area contributed by atoms with E-state index in [0.717, 1.165) is 23.6 Å². The molecule has 1 N–H and O–H groups in total. The van der Waals surface area contributed by atoms with Gasteiger partial charge in [0.05, 0.1) is 0 Å². The number of likely N-dealkylation sites (tertiary alicyclic amines) is 1. The lowest BCUT2D eigenvalue weighted by Gasteiger charge is -2.34. The third-order valence-corrected chi connectivity index (χ3v) is 4.47. The van der Waals surface area contributed by atoms with Crippen molar-refractivity contribution in [3.8, 4) is 5.75 Å². The molecule has 1 unspecified atom stereocenters. The zero-order chi connectivity index (χ0) is 17.1. The summed E-state index contributed by atoms with van der Waals surface area (Å²) >= 11 is 0. The van der Waals surface area contributed by atoms with E-state index in [1.165, 1.54) is 4.90 Å². The summed E-state index contributed by atoms with van der Waals surface area (Å²) in [5.74, 6) is -0.576. The summed E-state index contributed by atoms with van der Waals surface area (Å²) in [6, 6.07) is 12.8. The second-order valence-electron chi connectivity index (χ2n) is 6.12. The monoisotopic (exact) mass is 327 g/mol. The highest BCUT2D eigenvalue weighted by molar-refractivity contribution is 5.90. The van der Waals surface area contributed by atoms with E-state index in [4.69, 9.17) is 4.74 Å². The molecule has 3 rings (SSSR count). The Morgan fingerprint density at radius 1 is 1.17 bits per heavy atom. The Morgan fingerprint density at radius 3 is 2.71 bits per heavy atom. The van der Waals surface area contributed by atoms with Crippen molar-refractivity contribution in [3.63, 3.8) is 0 Å². The first-order chi connectivity index (χ1) is 11.6. The minimum absolute atomic E-state index is 0.268. The van der Waals surface area contributed by atoms with Gasteiger partial charge in [0.2, 0.25) is 0 Å². The number of nitrogens with zero attached hydrogens (tertiary/aromatic N) is 1. The van der Waals surface area contributed by atoms with Crippen molar-refractivity contribution in [1.82, 2.24) is 4.90 Å². The summed E-state index contributed by atoms with van der Waals surface area (Å²) in [5, 5.41) is 11.3. The molecule has 0 radical (unpaired) electrons. The third-order valence-electron chi connectivity index (χ3n) is 4.47. The number of carbonyl (C=O) groups excluding carboxylic acids is 1. The van der Waals surface area contributed by atoms with Crippen LogP contribution >= 0.6 is 0 Å². The molecule has 1 saturated heterocycles. The molecule has 0 bridgehead atoms. The number of hydrogen-bond donors (Lipinski definition) is 1. The van der Waals surface area contributed by atoms with Gasteiger partial charge >= 0.3 is 5.97 Å². The number of carbonyl (C=O) groups is 2. The molecule has 2 aromatic rings. The maximum Gasteiger partial charge on any atom is 0.326 e. The maximum atomic E-state index is 12.7. The summed E-state index contributed by atoms with van der Waals surface area (Å²) in [6.07, 6.45) is 1.44. The summed E-state index contributed by atoms with van der Waals surface area (Å²) in [6.45, 7) is 2.15. The number of fused-ring (bicyclic) bond motifs is 1. The first kappa shape index (κ1) is 16.3. The Labute approximate surface area is 140 Å². The average molecular weight is 327 g/mol. The van der Waals surface area contributed by atoms with Crippen LogP contribution in [0.3, 0.4) is 0 Å². The number of aliphatic carboxylic acids is 1. The summed E-state index contributed by atoms with van der Waals surface area (Å²) < 4.78 is 5.89. The number of carboxylic acid groups (broad SMARTS) is 1. The van der Waals surface area contributed by atoms with Crippen molar-refractivity contribution in [1.29, 1.82) is 0 Å². The van der Waals surface area contributed by atoms with E-state index < -0.39 is 18.1 Å². The number of amides is 1. The molecule has 1 aliphatic heterocycles. The van der Waals surface area contributed by atoms with Gasteiger partial charge < -0.3 is 14.7 Å². The van der Waals surface area contributed by atoms with E-state index in [1.54, 1.807) is 6.92 Å². The molecule has 0 spiro atoms. The fourth-order valence-electron chi connectivity index (χ4n) is 3.22. The molecule has 5 heteroatoms. The maximum absolute atomic E-state index is 12.7. The van der Waals surface area contributed by atoms with E-state index in [9.17, 15) is 14.7 Å². The summed E-state index contributed by atoms with van der Waals surface area (Å²) in [4.78, 5) is 25.5. The lowest BCUT2D eigenvalue weighted by atomic mass is 10.0. The van der Waals surface area contributed by atoms with E-state index in [0.29, 0.717) is 18.7 Å². The Kier molecular flexibility index (Phi) is 4.69. The van der Waals surface area contributed by atoms with E-state index in [1.807, 2.05) is 42.5 Å². The predicted octanol–water partition coefficient (Wildman–Crippen LogP) is 3.07. The first-order valence-electron chi connectivity index (χ1n) is 8.25. The van der Waals surface area contributed by atoms with Crippen LogP contribution in [0.15, 0.2) is 42.5 Å². The standard InChI is InChI=1S/C19H21NO4/c1-13(18(21)20-12-5-4-10-16(20)19(22)23)24-17-11-6-8-14-7-2-3-9-15(14)17/h2-3,6-9,11,13,16H,4-5,10,12H2,1H3,(H,22,23)/t13?,16-/m1/s1. The molecule has 5 nitrogen and oxygen atoms in total. The SMILES string of the molecule is CC(Oc1cccc2ccccc12)C(=O)N1CCCC[C@@H]1C(=O)O. The fourth-order valence-corrected chi connectivity index (χ4v) is 3.22. The molecule has 2 atom stereocenters. The molecule has 0 aliphatic carbocycles. The van der Waals surface area contributed by atoms with Crippen LogP contribution in [0.2, 0.25) is 0 Å². The lowest BCUT2D eigenvalue weighted by molar-refractivity contribution is -0.155. The van der Waals surface area contributed by atoms with Gasteiger partial charge in [0.15, 0.2) is 6.10 Å². The van der Waals surface area contributed by atoms with Gasteiger partial charge in [-0.2, -0.15) is 0 Å². The Morgan fingerprint density at radius 2 is 1.92 bits per heavy atom. The number of ether oxygens (including phenoxy) is 1. The van der Waals surface area contributed by atoms with Gasteiger partial charge in [0.25, 0.3) is 5.91 Å².